The van der Waals surface area contributed by atoms with Crippen LogP contribution in [0.1, 0.15) is 5.56 Å². The van der Waals surface area contributed by atoms with Gasteiger partial charge in [-0.25, -0.2) is 13.1 Å². The Bertz CT molecular complexity index is 936. The molecule has 0 amide bonds. The van der Waals surface area contributed by atoms with Crippen molar-refractivity contribution in [2.24, 2.45) is 0 Å². The number of aromatic amines is 1. The van der Waals surface area contributed by atoms with Crippen LogP contribution in [0.5, 0.6) is 0 Å². The summed E-state index contributed by atoms with van der Waals surface area (Å²) >= 11 is 11.8. The first-order valence-corrected chi connectivity index (χ1v) is 8.71. The number of H-pyrrole nitrogens is 1. The third-order valence-electron chi connectivity index (χ3n) is 3.33. The Kier molecular flexibility index (Phi) is 4.14. The van der Waals surface area contributed by atoms with Crippen LogP contribution in [0.25, 0.3) is 10.9 Å². The van der Waals surface area contributed by atoms with Crippen molar-refractivity contribution >= 4 is 44.1 Å². The molecule has 3 rings (SSSR count). The Labute approximate surface area is 138 Å². The number of hydrogen-bond donors (Lipinski definition) is 2. The van der Waals surface area contributed by atoms with Gasteiger partial charge in [0.15, 0.2) is 0 Å². The first kappa shape index (κ1) is 15.4. The van der Waals surface area contributed by atoms with Crippen LogP contribution in [0.15, 0.2) is 53.6 Å². The lowest BCUT2D eigenvalue weighted by Crippen LogP contribution is -2.23. The number of nitrogens with one attached hydrogen (secondary N) is 2. The lowest BCUT2D eigenvalue weighted by atomic mass is 10.2. The summed E-state index contributed by atoms with van der Waals surface area (Å²) < 4.78 is 27.3. The Balaban J connectivity index is 1.88. The normalized spacial score (nSPS) is 11.9. The molecule has 3 aromatic rings. The molecule has 0 aliphatic heterocycles. The molecule has 0 bridgehead atoms. The van der Waals surface area contributed by atoms with Crippen molar-refractivity contribution in [1.29, 1.82) is 0 Å². The number of para-hydroxylation sites is 1. The van der Waals surface area contributed by atoms with Gasteiger partial charge >= 0.3 is 0 Å². The molecule has 0 fully saturated rings. The third kappa shape index (κ3) is 2.85. The fraction of sp³-hybridized carbons (Fsp3) is 0.0667. The Morgan fingerprint density at radius 2 is 1.82 bits per heavy atom. The smallest absolute Gasteiger partial charge is 0.242 e. The maximum Gasteiger partial charge on any atom is 0.242 e. The molecule has 2 aromatic carbocycles. The molecule has 0 aliphatic rings. The molecule has 0 radical (unpaired) electrons. The highest BCUT2D eigenvalue weighted by Crippen LogP contribution is 2.29. The molecule has 0 atom stereocenters. The van der Waals surface area contributed by atoms with E-state index in [4.69, 9.17) is 23.2 Å². The predicted molar refractivity (Wildman–Crippen MR) is 88.8 cm³/mol. The molecule has 4 nitrogen and oxygen atoms in total. The lowest BCUT2D eigenvalue weighted by molar-refractivity contribution is 0.581. The van der Waals surface area contributed by atoms with Gasteiger partial charge in [-0.05, 0) is 23.8 Å². The number of aromatic nitrogens is 1. The molecule has 114 valence electrons. The van der Waals surface area contributed by atoms with Crippen LogP contribution < -0.4 is 4.72 Å². The number of halogens is 2. The fourth-order valence-electron chi connectivity index (χ4n) is 2.22. The monoisotopic (exact) mass is 354 g/mol. The zero-order chi connectivity index (χ0) is 15.7. The molecule has 0 aliphatic carbocycles. The Morgan fingerprint density at radius 1 is 1.05 bits per heavy atom. The summed E-state index contributed by atoms with van der Waals surface area (Å²) in [6.45, 7) is 0.162. The van der Waals surface area contributed by atoms with Crippen molar-refractivity contribution < 1.29 is 8.42 Å². The van der Waals surface area contributed by atoms with Gasteiger partial charge in [-0.3, -0.25) is 0 Å². The summed E-state index contributed by atoms with van der Waals surface area (Å²) in [5, 5.41) is 1.20. The van der Waals surface area contributed by atoms with E-state index in [0.717, 1.165) is 16.5 Å². The average molecular weight is 355 g/mol. The van der Waals surface area contributed by atoms with Gasteiger partial charge in [-0.2, -0.15) is 0 Å². The summed E-state index contributed by atoms with van der Waals surface area (Å²) in [6, 6.07) is 12.2. The molecule has 0 spiro atoms. The maximum absolute atomic E-state index is 12.4. The van der Waals surface area contributed by atoms with Crippen LogP contribution in [-0.2, 0) is 16.6 Å². The van der Waals surface area contributed by atoms with Gasteiger partial charge in [0.1, 0.15) is 4.90 Å². The molecule has 22 heavy (non-hydrogen) atoms. The van der Waals surface area contributed by atoms with Crippen LogP contribution in [0.4, 0.5) is 0 Å². The van der Waals surface area contributed by atoms with E-state index >= 15 is 0 Å². The highest BCUT2D eigenvalue weighted by molar-refractivity contribution is 7.89. The third-order valence-corrected chi connectivity index (χ3v) is 5.71. The molecule has 1 aromatic heterocycles. The zero-order valence-corrected chi connectivity index (χ0v) is 13.6. The van der Waals surface area contributed by atoms with E-state index in [0.29, 0.717) is 0 Å². The zero-order valence-electron chi connectivity index (χ0n) is 11.3. The Morgan fingerprint density at radius 3 is 2.64 bits per heavy atom. The van der Waals surface area contributed by atoms with Gasteiger partial charge in [0.25, 0.3) is 0 Å². The van der Waals surface area contributed by atoms with E-state index in [1.807, 2.05) is 24.3 Å². The van der Waals surface area contributed by atoms with Crippen LogP contribution in [0.2, 0.25) is 10.0 Å². The second-order valence-corrected chi connectivity index (χ2v) is 7.26. The standard InChI is InChI=1S/C15H12Cl2N2O2S/c16-12-5-3-7-14(15(12)17)22(20,21)19-9-10-8-18-13-6-2-1-4-11(10)13/h1-8,18-19H,9H2. The van der Waals surface area contributed by atoms with Gasteiger partial charge in [-0.1, -0.05) is 47.5 Å². The average Bonchev–Trinajstić information content (AvgIpc) is 2.91. The number of benzene rings is 2. The number of hydrogen-bond acceptors (Lipinski definition) is 2. The number of rotatable bonds is 4. The summed E-state index contributed by atoms with van der Waals surface area (Å²) in [6.07, 6.45) is 1.78. The highest BCUT2D eigenvalue weighted by Gasteiger charge is 2.19. The molecular weight excluding hydrogens is 343 g/mol. The van der Waals surface area contributed by atoms with E-state index < -0.39 is 10.0 Å². The van der Waals surface area contributed by atoms with Crippen molar-refractivity contribution in [3.63, 3.8) is 0 Å². The van der Waals surface area contributed by atoms with Crippen molar-refractivity contribution in [3.05, 3.63) is 64.3 Å². The number of sulfonamides is 1. The van der Waals surface area contributed by atoms with Crippen LogP contribution in [-0.4, -0.2) is 13.4 Å². The van der Waals surface area contributed by atoms with Crippen LogP contribution in [0.3, 0.4) is 0 Å². The minimum absolute atomic E-state index is 0.0237. The van der Waals surface area contributed by atoms with Gasteiger partial charge in [0, 0.05) is 23.6 Å². The van der Waals surface area contributed by atoms with Crippen LogP contribution in [0, 0.1) is 0 Å². The summed E-state index contributed by atoms with van der Waals surface area (Å²) in [5.74, 6) is 0. The summed E-state index contributed by atoms with van der Waals surface area (Å²) in [7, 11) is -3.74. The summed E-state index contributed by atoms with van der Waals surface area (Å²) in [4.78, 5) is 3.08. The quantitative estimate of drug-likeness (QED) is 0.744. The molecular formula is C15H12Cl2N2O2S. The van der Waals surface area contributed by atoms with Gasteiger partial charge in [0.2, 0.25) is 10.0 Å². The molecule has 0 unspecified atom stereocenters. The summed E-state index contributed by atoms with van der Waals surface area (Å²) in [5.41, 5.74) is 1.81. The molecule has 2 N–H and O–H groups in total. The van der Waals surface area contributed by atoms with E-state index in [2.05, 4.69) is 9.71 Å². The minimum Gasteiger partial charge on any atom is -0.361 e. The minimum atomic E-state index is -3.74. The molecule has 7 heteroatoms. The molecule has 0 saturated carbocycles. The molecule has 0 saturated heterocycles. The second kappa shape index (κ2) is 5.93. The SMILES string of the molecule is O=S(=O)(NCc1c[nH]c2ccccc12)c1cccc(Cl)c1Cl. The largest absolute Gasteiger partial charge is 0.361 e. The predicted octanol–water partition coefficient (Wildman–Crippen LogP) is 3.95. The maximum atomic E-state index is 12.4. The van der Waals surface area contributed by atoms with E-state index in [9.17, 15) is 8.42 Å². The topological polar surface area (TPSA) is 62.0 Å². The number of fused-ring (bicyclic) bond motifs is 1. The second-order valence-electron chi connectivity index (χ2n) is 4.74. The van der Waals surface area contributed by atoms with Gasteiger partial charge < -0.3 is 4.98 Å². The molecule has 1 heterocycles. The van der Waals surface area contributed by atoms with Crippen LogP contribution >= 0.6 is 23.2 Å². The first-order chi connectivity index (χ1) is 10.5. The van der Waals surface area contributed by atoms with E-state index in [1.54, 1.807) is 18.3 Å². The first-order valence-electron chi connectivity index (χ1n) is 6.48. The van der Waals surface area contributed by atoms with Crippen molar-refractivity contribution in [2.45, 2.75) is 11.4 Å². The van der Waals surface area contributed by atoms with E-state index in [1.165, 1.54) is 6.07 Å². The van der Waals surface area contributed by atoms with Gasteiger partial charge in [0.05, 0.1) is 10.0 Å². The lowest BCUT2D eigenvalue weighted by Gasteiger charge is -2.08. The Hall–Kier alpha value is -1.53. The fourth-order valence-corrected chi connectivity index (χ4v) is 3.99. The van der Waals surface area contributed by atoms with Gasteiger partial charge in [-0.15, -0.1) is 0 Å². The van der Waals surface area contributed by atoms with E-state index in [-0.39, 0.29) is 21.5 Å². The van der Waals surface area contributed by atoms with Crippen molar-refractivity contribution in [1.82, 2.24) is 9.71 Å². The highest BCUT2D eigenvalue weighted by atomic mass is 35.5. The van der Waals surface area contributed by atoms with Crippen molar-refractivity contribution in [3.8, 4) is 0 Å². The van der Waals surface area contributed by atoms with Crippen molar-refractivity contribution in [2.75, 3.05) is 0 Å².